The molecule has 1 aromatic heterocycles. The fourth-order valence-corrected chi connectivity index (χ4v) is 2.91. The number of likely N-dealkylation sites (tertiary alicyclic amines) is 1. The summed E-state index contributed by atoms with van der Waals surface area (Å²) < 4.78 is 6.37. The van der Waals surface area contributed by atoms with Crippen LogP contribution >= 0.6 is 15.9 Å². The lowest BCUT2D eigenvalue weighted by Gasteiger charge is -2.23. The Balaban J connectivity index is 1.65. The molecule has 3 rings (SSSR count). The van der Waals surface area contributed by atoms with Crippen molar-refractivity contribution in [2.75, 3.05) is 6.54 Å². The Morgan fingerprint density at radius 2 is 2.09 bits per heavy atom. The lowest BCUT2D eigenvalue weighted by atomic mass is 10.1. The lowest BCUT2D eigenvalue weighted by Crippen LogP contribution is -2.31. The molecule has 1 unspecified atom stereocenters. The number of aromatic nitrogens is 1. The standard InChI is InChI=1S/C17H17BrN2O2/c18-14-8-9-15(19-11-14)16-7-4-10-20(16)17(21)22-12-13-5-2-1-3-6-13/h1-3,5-6,8-9,11,16H,4,7,10,12H2. The second-order valence-electron chi connectivity index (χ2n) is 5.29. The maximum absolute atomic E-state index is 12.3. The molecule has 0 spiro atoms. The molecule has 1 amide bonds. The number of hydrogen-bond donors (Lipinski definition) is 0. The smallest absolute Gasteiger partial charge is 0.410 e. The minimum atomic E-state index is -0.268. The third kappa shape index (κ3) is 3.47. The summed E-state index contributed by atoms with van der Waals surface area (Å²) in [4.78, 5) is 18.5. The molecule has 0 radical (unpaired) electrons. The Hall–Kier alpha value is -1.88. The highest BCUT2D eigenvalue weighted by Gasteiger charge is 2.31. The van der Waals surface area contributed by atoms with Crippen molar-refractivity contribution in [1.29, 1.82) is 0 Å². The normalized spacial score (nSPS) is 17.5. The van der Waals surface area contributed by atoms with Crippen molar-refractivity contribution in [2.24, 2.45) is 0 Å². The van der Waals surface area contributed by atoms with E-state index in [0.29, 0.717) is 6.61 Å². The van der Waals surface area contributed by atoms with Gasteiger partial charge in [0, 0.05) is 17.2 Å². The maximum Gasteiger partial charge on any atom is 0.410 e. The Labute approximate surface area is 138 Å². The van der Waals surface area contributed by atoms with Crippen molar-refractivity contribution < 1.29 is 9.53 Å². The molecule has 1 saturated heterocycles. The number of pyridine rings is 1. The van der Waals surface area contributed by atoms with Crippen LogP contribution in [0.5, 0.6) is 0 Å². The molecule has 22 heavy (non-hydrogen) atoms. The summed E-state index contributed by atoms with van der Waals surface area (Å²) >= 11 is 3.38. The van der Waals surface area contributed by atoms with E-state index in [0.717, 1.165) is 35.1 Å². The van der Waals surface area contributed by atoms with Gasteiger partial charge in [0.05, 0.1) is 11.7 Å². The van der Waals surface area contributed by atoms with E-state index in [1.54, 1.807) is 11.1 Å². The van der Waals surface area contributed by atoms with Crippen LogP contribution in [-0.4, -0.2) is 22.5 Å². The van der Waals surface area contributed by atoms with Crippen LogP contribution in [0.3, 0.4) is 0 Å². The second-order valence-corrected chi connectivity index (χ2v) is 6.21. The van der Waals surface area contributed by atoms with E-state index >= 15 is 0 Å². The SMILES string of the molecule is O=C(OCc1ccccc1)N1CCCC1c1ccc(Br)cn1. The minimum Gasteiger partial charge on any atom is -0.445 e. The summed E-state index contributed by atoms with van der Waals surface area (Å²) in [5.41, 5.74) is 1.91. The zero-order chi connectivity index (χ0) is 15.4. The minimum absolute atomic E-state index is 0.0105. The number of rotatable bonds is 3. The summed E-state index contributed by atoms with van der Waals surface area (Å²) in [6.07, 6.45) is 3.40. The van der Waals surface area contributed by atoms with Gasteiger partial charge in [-0.3, -0.25) is 9.88 Å². The Kier molecular flexibility index (Phi) is 4.73. The molecule has 1 aliphatic heterocycles. The number of ether oxygens (including phenoxy) is 1. The predicted molar refractivity (Wildman–Crippen MR) is 87.2 cm³/mol. The van der Waals surface area contributed by atoms with Crippen LogP contribution < -0.4 is 0 Å². The van der Waals surface area contributed by atoms with Crippen LogP contribution in [0.1, 0.15) is 30.1 Å². The van der Waals surface area contributed by atoms with Crippen molar-refractivity contribution in [3.05, 3.63) is 64.4 Å². The third-order valence-electron chi connectivity index (χ3n) is 3.78. The van der Waals surface area contributed by atoms with Crippen molar-refractivity contribution >= 4 is 22.0 Å². The molecule has 1 aromatic carbocycles. The van der Waals surface area contributed by atoms with E-state index in [2.05, 4.69) is 20.9 Å². The lowest BCUT2D eigenvalue weighted by molar-refractivity contribution is 0.0915. The van der Waals surface area contributed by atoms with Gasteiger partial charge in [-0.25, -0.2) is 4.79 Å². The molecule has 4 nitrogen and oxygen atoms in total. The van der Waals surface area contributed by atoms with E-state index in [1.165, 1.54) is 0 Å². The molecule has 1 atom stereocenters. The molecular formula is C17H17BrN2O2. The first kappa shape index (κ1) is 15.0. The number of nitrogens with zero attached hydrogens (tertiary/aromatic N) is 2. The van der Waals surface area contributed by atoms with Gasteiger partial charge >= 0.3 is 6.09 Å². The molecule has 1 fully saturated rings. The topological polar surface area (TPSA) is 42.4 Å². The number of carbonyl (C=O) groups is 1. The number of amides is 1. The van der Waals surface area contributed by atoms with Crippen molar-refractivity contribution in [1.82, 2.24) is 9.88 Å². The van der Waals surface area contributed by atoms with Gasteiger partial charge in [0.1, 0.15) is 6.61 Å². The Morgan fingerprint density at radius 3 is 2.82 bits per heavy atom. The predicted octanol–water partition coefficient (Wildman–Crippen LogP) is 4.32. The molecule has 2 heterocycles. The second kappa shape index (κ2) is 6.92. The van der Waals surface area contributed by atoms with Crippen molar-refractivity contribution in [2.45, 2.75) is 25.5 Å². The molecule has 0 aliphatic carbocycles. The fraction of sp³-hybridized carbons (Fsp3) is 0.294. The van der Waals surface area contributed by atoms with Crippen LogP contribution in [0, 0.1) is 0 Å². The number of halogens is 1. The van der Waals surface area contributed by atoms with Gasteiger partial charge in [0.2, 0.25) is 0 Å². The van der Waals surface area contributed by atoms with Gasteiger partial charge in [-0.05, 0) is 46.5 Å². The molecule has 0 bridgehead atoms. The summed E-state index contributed by atoms with van der Waals surface area (Å²) in [7, 11) is 0. The Morgan fingerprint density at radius 1 is 1.27 bits per heavy atom. The zero-order valence-electron chi connectivity index (χ0n) is 12.1. The van der Waals surface area contributed by atoms with Gasteiger partial charge in [-0.2, -0.15) is 0 Å². The highest BCUT2D eigenvalue weighted by molar-refractivity contribution is 9.10. The zero-order valence-corrected chi connectivity index (χ0v) is 13.7. The maximum atomic E-state index is 12.3. The average Bonchev–Trinajstić information content (AvgIpc) is 3.04. The molecular weight excluding hydrogens is 344 g/mol. The fourth-order valence-electron chi connectivity index (χ4n) is 2.68. The molecule has 2 aromatic rings. The van der Waals surface area contributed by atoms with Gasteiger partial charge in [0.15, 0.2) is 0 Å². The average molecular weight is 361 g/mol. The quantitative estimate of drug-likeness (QED) is 0.818. The molecule has 5 heteroatoms. The summed E-state index contributed by atoms with van der Waals surface area (Å²) in [5.74, 6) is 0. The third-order valence-corrected chi connectivity index (χ3v) is 4.25. The molecule has 1 aliphatic rings. The number of benzene rings is 1. The summed E-state index contributed by atoms with van der Waals surface area (Å²) in [6, 6.07) is 13.6. The van der Waals surface area contributed by atoms with Crippen LogP contribution in [0.2, 0.25) is 0 Å². The largest absolute Gasteiger partial charge is 0.445 e. The van der Waals surface area contributed by atoms with Crippen LogP contribution in [0.25, 0.3) is 0 Å². The van der Waals surface area contributed by atoms with Crippen molar-refractivity contribution in [3.63, 3.8) is 0 Å². The molecule has 0 N–H and O–H groups in total. The number of hydrogen-bond acceptors (Lipinski definition) is 3. The van der Waals surface area contributed by atoms with Gasteiger partial charge in [-0.15, -0.1) is 0 Å². The summed E-state index contributed by atoms with van der Waals surface area (Å²) in [5, 5.41) is 0. The van der Waals surface area contributed by atoms with Crippen LogP contribution in [0.15, 0.2) is 53.1 Å². The summed E-state index contributed by atoms with van der Waals surface area (Å²) in [6.45, 7) is 1.02. The first-order valence-corrected chi connectivity index (χ1v) is 8.12. The van der Waals surface area contributed by atoms with E-state index in [1.807, 2.05) is 42.5 Å². The van der Waals surface area contributed by atoms with Gasteiger partial charge in [-0.1, -0.05) is 30.3 Å². The van der Waals surface area contributed by atoms with Gasteiger partial charge in [0.25, 0.3) is 0 Å². The van der Waals surface area contributed by atoms with E-state index in [9.17, 15) is 4.79 Å². The highest BCUT2D eigenvalue weighted by atomic mass is 79.9. The molecule has 0 saturated carbocycles. The Bertz CT molecular complexity index is 631. The van der Waals surface area contributed by atoms with Crippen LogP contribution in [0.4, 0.5) is 4.79 Å². The van der Waals surface area contributed by atoms with Crippen molar-refractivity contribution in [3.8, 4) is 0 Å². The van der Waals surface area contributed by atoms with Crippen LogP contribution in [-0.2, 0) is 11.3 Å². The monoisotopic (exact) mass is 360 g/mol. The van der Waals surface area contributed by atoms with E-state index < -0.39 is 0 Å². The highest BCUT2D eigenvalue weighted by Crippen LogP contribution is 2.31. The first-order chi connectivity index (χ1) is 10.7. The number of carbonyl (C=O) groups excluding carboxylic acids is 1. The van der Waals surface area contributed by atoms with E-state index in [-0.39, 0.29) is 12.1 Å². The molecule has 114 valence electrons. The van der Waals surface area contributed by atoms with E-state index in [4.69, 9.17) is 4.74 Å². The van der Waals surface area contributed by atoms with Gasteiger partial charge < -0.3 is 4.74 Å². The first-order valence-electron chi connectivity index (χ1n) is 7.33.